The van der Waals surface area contributed by atoms with E-state index in [1.54, 1.807) is 0 Å². The molecule has 0 amide bonds. The van der Waals surface area contributed by atoms with Gasteiger partial charge in [0.1, 0.15) is 0 Å². The third-order valence-corrected chi connectivity index (χ3v) is 5.10. The summed E-state index contributed by atoms with van der Waals surface area (Å²) >= 11 is 3.57. The largest absolute Gasteiger partial charge is 0.351 e. The Morgan fingerprint density at radius 1 is 1.08 bits per heavy atom. The number of benzene rings is 1. The number of aryl methyl sites for hydroxylation is 2. The van der Waals surface area contributed by atoms with Crippen LogP contribution in [0.2, 0.25) is 0 Å². The normalized spacial score (nSPS) is 21.4. The molecular weight excluding hydrogens is 388 g/mol. The molecule has 2 atom stereocenters. The molecule has 0 radical (unpaired) electrons. The molecule has 2 heterocycles. The average molecular weight is 408 g/mol. The van der Waals surface area contributed by atoms with Crippen LogP contribution < -0.4 is 5.32 Å². The summed E-state index contributed by atoms with van der Waals surface area (Å²) in [7, 11) is 0. The molecule has 1 aliphatic carbocycles. The number of anilines is 1. The van der Waals surface area contributed by atoms with E-state index in [4.69, 9.17) is 4.99 Å². The van der Waals surface area contributed by atoms with Gasteiger partial charge in [-0.3, -0.25) is 4.99 Å². The fourth-order valence-electron chi connectivity index (χ4n) is 3.65. The second-order valence-electron chi connectivity index (χ2n) is 6.46. The van der Waals surface area contributed by atoms with Crippen molar-refractivity contribution < 1.29 is 0 Å². The molecule has 1 aromatic heterocycles. The van der Waals surface area contributed by atoms with E-state index >= 15 is 0 Å². The molecule has 2 unspecified atom stereocenters. The van der Waals surface area contributed by atoms with Crippen LogP contribution in [0.3, 0.4) is 0 Å². The van der Waals surface area contributed by atoms with Gasteiger partial charge in [0.2, 0.25) is 5.95 Å². The smallest absolute Gasteiger partial charge is 0.223 e. The third kappa shape index (κ3) is 3.33. The molecule has 126 valence electrons. The SMILES string of the molecule is Cc1cc(C)nc(NC2CCC3C(=Nc4ccc(Br)cc43)C2)n1.Cl. The van der Waals surface area contributed by atoms with Gasteiger partial charge in [-0.25, -0.2) is 9.97 Å². The Labute approximate surface area is 156 Å². The third-order valence-electron chi connectivity index (χ3n) is 4.61. The molecule has 1 aliphatic heterocycles. The van der Waals surface area contributed by atoms with Crippen LogP contribution in [0.15, 0.2) is 33.7 Å². The number of hydrogen-bond donors (Lipinski definition) is 1. The number of aliphatic imine (C=N–C) groups is 1. The number of rotatable bonds is 2. The van der Waals surface area contributed by atoms with Gasteiger partial charge < -0.3 is 5.32 Å². The van der Waals surface area contributed by atoms with Crippen LogP contribution in [-0.2, 0) is 0 Å². The summed E-state index contributed by atoms with van der Waals surface area (Å²) < 4.78 is 1.14. The van der Waals surface area contributed by atoms with Gasteiger partial charge >= 0.3 is 0 Å². The predicted octanol–water partition coefficient (Wildman–Crippen LogP) is 5.11. The van der Waals surface area contributed by atoms with Crippen molar-refractivity contribution in [2.24, 2.45) is 4.99 Å². The second kappa shape index (κ2) is 6.81. The maximum atomic E-state index is 4.86. The molecule has 0 saturated heterocycles. The van der Waals surface area contributed by atoms with E-state index < -0.39 is 0 Å². The van der Waals surface area contributed by atoms with Crippen molar-refractivity contribution in [1.29, 1.82) is 0 Å². The number of hydrogen-bond acceptors (Lipinski definition) is 4. The molecule has 2 aromatic rings. The Bertz CT molecular complexity index is 785. The quantitative estimate of drug-likeness (QED) is 0.752. The number of fused-ring (bicyclic) bond motifs is 3. The van der Waals surface area contributed by atoms with Gasteiger partial charge in [0.25, 0.3) is 0 Å². The highest BCUT2D eigenvalue weighted by Crippen LogP contribution is 2.43. The first-order valence-corrected chi connectivity index (χ1v) is 8.83. The Hall–Kier alpha value is -1.46. The highest BCUT2D eigenvalue weighted by molar-refractivity contribution is 9.10. The van der Waals surface area contributed by atoms with Gasteiger partial charge in [-0.2, -0.15) is 0 Å². The Morgan fingerprint density at radius 3 is 2.58 bits per heavy atom. The van der Waals surface area contributed by atoms with Crippen molar-refractivity contribution in [2.75, 3.05) is 5.32 Å². The van der Waals surface area contributed by atoms with E-state index in [0.29, 0.717) is 12.0 Å². The van der Waals surface area contributed by atoms with Crippen LogP contribution >= 0.6 is 28.3 Å². The van der Waals surface area contributed by atoms with Crippen LogP contribution in [0.4, 0.5) is 11.6 Å². The number of nitrogens with one attached hydrogen (secondary N) is 1. The number of halogens is 2. The average Bonchev–Trinajstić information content (AvgIpc) is 2.83. The minimum atomic E-state index is 0. The van der Waals surface area contributed by atoms with Crippen LogP contribution in [0.1, 0.15) is 42.1 Å². The zero-order valence-corrected chi connectivity index (χ0v) is 16.1. The highest BCUT2D eigenvalue weighted by Gasteiger charge is 2.33. The first-order chi connectivity index (χ1) is 11.1. The fraction of sp³-hybridized carbons (Fsp3) is 0.389. The van der Waals surface area contributed by atoms with Gasteiger partial charge in [0.15, 0.2) is 0 Å². The van der Waals surface area contributed by atoms with Crippen molar-refractivity contribution >= 4 is 45.7 Å². The van der Waals surface area contributed by atoms with Gasteiger partial charge in [0, 0.05) is 40.0 Å². The lowest BCUT2D eigenvalue weighted by molar-refractivity contribution is 0.565. The van der Waals surface area contributed by atoms with Gasteiger partial charge in [-0.15, -0.1) is 12.4 Å². The molecule has 2 aliphatic rings. The van der Waals surface area contributed by atoms with Crippen molar-refractivity contribution in [3.05, 3.63) is 45.7 Å². The standard InChI is InChI=1S/C18H19BrN4.ClH/c1-10-7-11(2)21-18(20-10)22-13-4-5-14-15-8-12(19)3-6-16(15)23-17(14)9-13;/h3,6-8,13-14H,4-5,9H2,1-2H3,(H,20,21,22);1H. The van der Waals surface area contributed by atoms with Gasteiger partial charge in [-0.1, -0.05) is 15.9 Å². The minimum Gasteiger partial charge on any atom is -0.351 e. The molecule has 1 fully saturated rings. The highest BCUT2D eigenvalue weighted by atomic mass is 79.9. The summed E-state index contributed by atoms with van der Waals surface area (Å²) in [4.78, 5) is 13.8. The molecule has 24 heavy (non-hydrogen) atoms. The Kier molecular flexibility index (Phi) is 4.92. The summed E-state index contributed by atoms with van der Waals surface area (Å²) in [6.45, 7) is 4.01. The summed E-state index contributed by atoms with van der Waals surface area (Å²) in [5.41, 5.74) is 5.81. The molecular formula is C18H20BrClN4. The molecule has 4 rings (SSSR count). The zero-order valence-electron chi connectivity index (χ0n) is 13.7. The summed E-state index contributed by atoms with van der Waals surface area (Å²) in [6, 6.07) is 8.76. The van der Waals surface area contributed by atoms with Crippen LogP contribution in [0.25, 0.3) is 0 Å². The Morgan fingerprint density at radius 2 is 1.83 bits per heavy atom. The monoisotopic (exact) mass is 406 g/mol. The molecule has 4 nitrogen and oxygen atoms in total. The molecule has 1 aromatic carbocycles. The maximum Gasteiger partial charge on any atom is 0.223 e. The fourth-order valence-corrected chi connectivity index (χ4v) is 4.03. The molecule has 0 spiro atoms. The van der Waals surface area contributed by atoms with Crippen molar-refractivity contribution in [3.8, 4) is 0 Å². The van der Waals surface area contributed by atoms with E-state index in [2.05, 4.69) is 49.4 Å². The van der Waals surface area contributed by atoms with E-state index in [9.17, 15) is 0 Å². The maximum absolute atomic E-state index is 4.86. The van der Waals surface area contributed by atoms with Crippen molar-refractivity contribution in [1.82, 2.24) is 9.97 Å². The predicted molar refractivity (Wildman–Crippen MR) is 104 cm³/mol. The minimum absolute atomic E-state index is 0. The van der Waals surface area contributed by atoms with E-state index in [1.165, 1.54) is 11.3 Å². The van der Waals surface area contributed by atoms with Crippen LogP contribution in [0.5, 0.6) is 0 Å². The number of nitrogens with zero attached hydrogens (tertiary/aromatic N) is 3. The topological polar surface area (TPSA) is 50.2 Å². The van der Waals surface area contributed by atoms with E-state index in [1.807, 2.05) is 19.9 Å². The molecule has 1 N–H and O–H groups in total. The first kappa shape index (κ1) is 17.4. The lowest BCUT2D eigenvalue weighted by Gasteiger charge is -2.28. The first-order valence-electron chi connectivity index (χ1n) is 8.04. The van der Waals surface area contributed by atoms with E-state index in [-0.39, 0.29) is 12.4 Å². The molecule has 1 saturated carbocycles. The lowest BCUT2D eigenvalue weighted by Crippen LogP contribution is -2.31. The van der Waals surface area contributed by atoms with E-state index in [0.717, 1.165) is 46.8 Å². The van der Waals surface area contributed by atoms with Gasteiger partial charge in [0.05, 0.1) is 5.69 Å². The molecule has 0 bridgehead atoms. The summed E-state index contributed by atoms with van der Waals surface area (Å²) in [5, 5.41) is 3.50. The van der Waals surface area contributed by atoms with Gasteiger partial charge in [-0.05, 0) is 56.5 Å². The van der Waals surface area contributed by atoms with Crippen molar-refractivity contribution in [3.63, 3.8) is 0 Å². The second-order valence-corrected chi connectivity index (χ2v) is 7.37. The zero-order chi connectivity index (χ0) is 16.0. The van der Waals surface area contributed by atoms with Crippen LogP contribution in [0, 0.1) is 13.8 Å². The summed E-state index contributed by atoms with van der Waals surface area (Å²) in [5.74, 6) is 1.23. The van der Waals surface area contributed by atoms with Crippen molar-refractivity contribution in [2.45, 2.75) is 45.1 Å². The summed E-state index contributed by atoms with van der Waals surface area (Å²) in [6.07, 6.45) is 3.21. The Balaban J connectivity index is 0.00000169. The van der Waals surface area contributed by atoms with Crippen LogP contribution in [-0.4, -0.2) is 21.7 Å². The molecule has 6 heteroatoms. The lowest BCUT2D eigenvalue weighted by atomic mass is 9.81. The number of aromatic nitrogens is 2.